The zero-order chi connectivity index (χ0) is 15.9. The van der Waals surface area contributed by atoms with Gasteiger partial charge in [-0.25, -0.2) is 4.79 Å². The Morgan fingerprint density at radius 2 is 1.95 bits per heavy atom. The highest BCUT2D eigenvalue weighted by Crippen LogP contribution is 2.26. The second-order valence-electron chi connectivity index (χ2n) is 4.90. The molecule has 0 aliphatic carbocycles. The SMILES string of the molecule is COC(=O)c1ccc(N(CCO)Cc2ccccc2)c(N)c1. The van der Waals surface area contributed by atoms with Crippen molar-refractivity contribution in [2.75, 3.05) is 30.9 Å². The Balaban J connectivity index is 2.26. The second-order valence-corrected chi connectivity index (χ2v) is 4.90. The van der Waals surface area contributed by atoms with Crippen LogP contribution in [-0.2, 0) is 11.3 Å². The number of esters is 1. The van der Waals surface area contributed by atoms with Gasteiger partial charge in [0.25, 0.3) is 0 Å². The van der Waals surface area contributed by atoms with Gasteiger partial charge in [0.15, 0.2) is 0 Å². The number of hydrogen-bond acceptors (Lipinski definition) is 5. The van der Waals surface area contributed by atoms with Gasteiger partial charge in [0.1, 0.15) is 0 Å². The maximum atomic E-state index is 11.5. The Labute approximate surface area is 129 Å². The minimum absolute atomic E-state index is 0.0189. The number of rotatable bonds is 6. The molecular weight excluding hydrogens is 280 g/mol. The first-order chi connectivity index (χ1) is 10.7. The first-order valence-corrected chi connectivity index (χ1v) is 7.03. The highest BCUT2D eigenvalue weighted by Gasteiger charge is 2.13. The summed E-state index contributed by atoms with van der Waals surface area (Å²) >= 11 is 0. The van der Waals surface area contributed by atoms with E-state index in [-0.39, 0.29) is 6.61 Å². The summed E-state index contributed by atoms with van der Waals surface area (Å²) in [4.78, 5) is 13.5. The Morgan fingerprint density at radius 3 is 2.55 bits per heavy atom. The molecule has 0 fully saturated rings. The third kappa shape index (κ3) is 3.77. The predicted molar refractivity (Wildman–Crippen MR) is 86.8 cm³/mol. The monoisotopic (exact) mass is 300 g/mol. The molecule has 0 radical (unpaired) electrons. The number of hydrogen-bond donors (Lipinski definition) is 2. The van der Waals surface area contributed by atoms with Gasteiger partial charge in [-0.05, 0) is 23.8 Å². The van der Waals surface area contributed by atoms with Gasteiger partial charge in [-0.2, -0.15) is 0 Å². The number of aliphatic hydroxyl groups excluding tert-OH is 1. The summed E-state index contributed by atoms with van der Waals surface area (Å²) in [5, 5.41) is 9.29. The average molecular weight is 300 g/mol. The minimum Gasteiger partial charge on any atom is -0.465 e. The van der Waals surface area contributed by atoms with Crippen molar-refractivity contribution < 1.29 is 14.6 Å². The Hall–Kier alpha value is -2.53. The van der Waals surface area contributed by atoms with E-state index in [0.29, 0.717) is 24.3 Å². The lowest BCUT2D eigenvalue weighted by molar-refractivity contribution is 0.0601. The Bertz CT molecular complexity index is 629. The molecule has 0 bridgehead atoms. The van der Waals surface area contributed by atoms with Gasteiger partial charge in [-0.3, -0.25) is 0 Å². The van der Waals surface area contributed by atoms with E-state index in [0.717, 1.165) is 11.3 Å². The minimum atomic E-state index is -0.421. The van der Waals surface area contributed by atoms with Crippen molar-refractivity contribution in [2.24, 2.45) is 0 Å². The Morgan fingerprint density at radius 1 is 1.23 bits per heavy atom. The number of carbonyl (C=O) groups excluding carboxylic acids is 1. The summed E-state index contributed by atoms with van der Waals surface area (Å²) in [6, 6.07) is 15.0. The number of anilines is 2. The van der Waals surface area contributed by atoms with Gasteiger partial charge in [-0.1, -0.05) is 30.3 Å². The fraction of sp³-hybridized carbons (Fsp3) is 0.235. The van der Waals surface area contributed by atoms with E-state index in [1.54, 1.807) is 18.2 Å². The van der Waals surface area contributed by atoms with Crippen LogP contribution in [0, 0.1) is 0 Å². The molecular formula is C17H20N2O3. The summed E-state index contributed by atoms with van der Waals surface area (Å²) in [7, 11) is 1.33. The molecule has 2 rings (SSSR count). The zero-order valence-electron chi connectivity index (χ0n) is 12.5. The molecule has 22 heavy (non-hydrogen) atoms. The molecule has 0 heterocycles. The standard InChI is InChI=1S/C17H20N2O3/c1-22-17(21)14-7-8-16(15(18)11-14)19(9-10-20)12-13-5-3-2-4-6-13/h2-8,11,20H,9-10,12,18H2,1H3. The number of nitrogens with zero attached hydrogens (tertiary/aromatic N) is 1. The number of nitrogens with two attached hydrogens (primary N) is 1. The Kier molecular flexibility index (Phi) is 5.38. The van der Waals surface area contributed by atoms with Crippen LogP contribution in [0.5, 0.6) is 0 Å². The summed E-state index contributed by atoms with van der Waals surface area (Å²) in [6.45, 7) is 1.10. The molecule has 3 N–H and O–H groups in total. The molecule has 0 saturated heterocycles. The highest BCUT2D eigenvalue weighted by atomic mass is 16.5. The molecule has 2 aromatic rings. The number of ether oxygens (including phenoxy) is 1. The lowest BCUT2D eigenvalue weighted by atomic mass is 10.1. The largest absolute Gasteiger partial charge is 0.465 e. The molecule has 5 heteroatoms. The fourth-order valence-electron chi connectivity index (χ4n) is 2.30. The van der Waals surface area contributed by atoms with E-state index in [2.05, 4.69) is 4.74 Å². The van der Waals surface area contributed by atoms with Crippen molar-refractivity contribution in [1.29, 1.82) is 0 Å². The van der Waals surface area contributed by atoms with Gasteiger partial charge < -0.3 is 20.5 Å². The van der Waals surface area contributed by atoms with Crippen molar-refractivity contribution in [3.8, 4) is 0 Å². The summed E-state index contributed by atoms with van der Waals surface area (Å²) in [6.07, 6.45) is 0. The first-order valence-electron chi connectivity index (χ1n) is 7.03. The van der Waals surface area contributed by atoms with Crippen molar-refractivity contribution in [3.05, 3.63) is 59.7 Å². The third-order valence-electron chi connectivity index (χ3n) is 3.38. The first kappa shape index (κ1) is 15.9. The molecule has 0 spiro atoms. The van der Waals surface area contributed by atoms with E-state index < -0.39 is 5.97 Å². The highest BCUT2D eigenvalue weighted by molar-refractivity contribution is 5.91. The van der Waals surface area contributed by atoms with Crippen LogP contribution < -0.4 is 10.6 Å². The van der Waals surface area contributed by atoms with Crippen LogP contribution in [0.25, 0.3) is 0 Å². The van der Waals surface area contributed by atoms with Crippen LogP contribution in [0.4, 0.5) is 11.4 Å². The molecule has 2 aromatic carbocycles. The predicted octanol–water partition coefficient (Wildman–Crippen LogP) is 2.05. The van der Waals surface area contributed by atoms with Gasteiger partial charge in [0.2, 0.25) is 0 Å². The van der Waals surface area contributed by atoms with Crippen molar-refractivity contribution in [2.45, 2.75) is 6.54 Å². The molecule has 0 saturated carbocycles. The number of aliphatic hydroxyl groups is 1. The van der Waals surface area contributed by atoms with Gasteiger partial charge in [0, 0.05) is 13.1 Å². The topological polar surface area (TPSA) is 75.8 Å². The van der Waals surface area contributed by atoms with Crippen molar-refractivity contribution in [1.82, 2.24) is 0 Å². The van der Waals surface area contributed by atoms with Crippen LogP contribution in [0.15, 0.2) is 48.5 Å². The maximum absolute atomic E-state index is 11.5. The molecule has 0 amide bonds. The van der Waals surface area contributed by atoms with Crippen LogP contribution in [-0.4, -0.2) is 31.3 Å². The smallest absolute Gasteiger partial charge is 0.337 e. The van der Waals surface area contributed by atoms with Crippen LogP contribution in [0.3, 0.4) is 0 Å². The number of methoxy groups -OCH3 is 1. The molecule has 0 aromatic heterocycles. The summed E-state index contributed by atoms with van der Waals surface area (Å²) < 4.78 is 4.69. The van der Waals surface area contributed by atoms with Crippen LogP contribution in [0.1, 0.15) is 15.9 Å². The van der Waals surface area contributed by atoms with Crippen molar-refractivity contribution in [3.63, 3.8) is 0 Å². The van der Waals surface area contributed by atoms with Gasteiger partial charge in [-0.15, -0.1) is 0 Å². The van der Waals surface area contributed by atoms with E-state index >= 15 is 0 Å². The molecule has 116 valence electrons. The number of benzene rings is 2. The van der Waals surface area contributed by atoms with Crippen LogP contribution in [0.2, 0.25) is 0 Å². The van der Waals surface area contributed by atoms with Gasteiger partial charge in [0.05, 0.1) is 30.7 Å². The number of carbonyl (C=O) groups is 1. The van der Waals surface area contributed by atoms with Crippen molar-refractivity contribution >= 4 is 17.3 Å². The second kappa shape index (κ2) is 7.47. The fourth-order valence-corrected chi connectivity index (χ4v) is 2.30. The van der Waals surface area contributed by atoms with E-state index in [4.69, 9.17) is 5.73 Å². The molecule has 0 aliphatic rings. The van der Waals surface area contributed by atoms with E-state index in [9.17, 15) is 9.90 Å². The summed E-state index contributed by atoms with van der Waals surface area (Å²) in [5.41, 5.74) is 8.86. The lowest BCUT2D eigenvalue weighted by Gasteiger charge is -2.25. The quantitative estimate of drug-likeness (QED) is 0.631. The maximum Gasteiger partial charge on any atom is 0.337 e. The molecule has 0 aliphatic heterocycles. The zero-order valence-corrected chi connectivity index (χ0v) is 12.5. The summed E-state index contributed by atoms with van der Waals surface area (Å²) in [5.74, 6) is -0.421. The normalized spacial score (nSPS) is 10.3. The third-order valence-corrected chi connectivity index (χ3v) is 3.38. The van der Waals surface area contributed by atoms with E-state index in [1.165, 1.54) is 7.11 Å². The lowest BCUT2D eigenvalue weighted by Crippen LogP contribution is -2.27. The number of nitrogen functional groups attached to an aromatic ring is 1. The molecule has 0 atom stereocenters. The average Bonchev–Trinajstić information content (AvgIpc) is 2.54. The molecule has 0 unspecified atom stereocenters. The molecule has 5 nitrogen and oxygen atoms in total. The van der Waals surface area contributed by atoms with Gasteiger partial charge >= 0.3 is 5.97 Å². The van der Waals surface area contributed by atoms with Crippen LogP contribution >= 0.6 is 0 Å². The van der Waals surface area contributed by atoms with E-state index in [1.807, 2.05) is 35.2 Å².